The van der Waals surface area contributed by atoms with E-state index in [1.165, 1.54) is 82.3 Å². The van der Waals surface area contributed by atoms with Crippen LogP contribution < -0.4 is 4.74 Å². The van der Waals surface area contributed by atoms with Crippen LogP contribution >= 0.6 is 0 Å². The maximum Gasteiger partial charge on any atom is 0.338 e. The molecule has 0 saturated heterocycles. The van der Waals surface area contributed by atoms with Crippen molar-refractivity contribution < 1.29 is 18.7 Å². The van der Waals surface area contributed by atoms with Gasteiger partial charge in [-0.15, -0.1) is 0 Å². The van der Waals surface area contributed by atoms with E-state index in [1.54, 1.807) is 12.1 Å². The Hall–Kier alpha value is -1.84. The second kappa shape index (κ2) is 16.0. The van der Waals surface area contributed by atoms with Crippen LogP contribution in [0.3, 0.4) is 0 Å². The smallest absolute Gasteiger partial charge is 0.338 e. The third-order valence-corrected chi connectivity index (χ3v) is 14.0. The Morgan fingerprint density at radius 3 is 2.31 bits per heavy atom. The average molecular weight is 665 g/mol. The van der Waals surface area contributed by atoms with Crippen molar-refractivity contribution in [2.24, 2.45) is 58.2 Å². The molecule has 3 fully saturated rings. The van der Waals surface area contributed by atoms with Gasteiger partial charge < -0.3 is 9.47 Å². The van der Waals surface area contributed by atoms with Gasteiger partial charge in [0, 0.05) is 6.42 Å². The van der Waals surface area contributed by atoms with Crippen LogP contribution in [0.4, 0.5) is 4.39 Å². The maximum atomic E-state index is 15.0. The second-order valence-corrected chi connectivity index (χ2v) is 18.3. The number of benzene rings is 1. The Labute approximate surface area is 293 Å². The number of esters is 1. The van der Waals surface area contributed by atoms with Gasteiger partial charge in [-0.25, -0.2) is 9.18 Å². The molecule has 9 atom stereocenters. The highest BCUT2D eigenvalue weighted by atomic mass is 19.1. The Balaban J connectivity index is 1.13. The van der Waals surface area contributed by atoms with E-state index in [0.717, 1.165) is 67.1 Å². The van der Waals surface area contributed by atoms with Gasteiger partial charge in [-0.05, 0) is 128 Å². The molecule has 3 saturated carbocycles. The molecule has 0 heterocycles. The van der Waals surface area contributed by atoms with E-state index in [2.05, 4.69) is 61.5 Å². The van der Waals surface area contributed by atoms with E-state index in [-0.39, 0.29) is 22.8 Å². The van der Waals surface area contributed by atoms with Crippen molar-refractivity contribution >= 4 is 5.97 Å². The summed E-state index contributed by atoms with van der Waals surface area (Å²) in [6.07, 6.45) is 20.6. The maximum absolute atomic E-state index is 15.0. The summed E-state index contributed by atoms with van der Waals surface area (Å²) >= 11 is 0. The SMILES string of the molecule is CC(C)CCCC(C)CCOc1ccc(C(=O)OC2CC[C@@]3(C)C(=CC[C@H]4[C@@H]5CC[C@H]([C@H](C)CCCC(C)C)[C@@]5(C)CC[C@@H]43)C2)cc1F. The summed E-state index contributed by atoms with van der Waals surface area (Å²) in [5.41, 5.74) is 2.49. The number of carbonyl (C=O) groups excluding carboxylic acids is 1. The minimum atomic E-state index is -0.488. The molecule has 0 aliphatic heterocycles. The second-order valence-electron chi connectivity index (χ2n) is 18.3. The number of rotatable bonds is 15. The number of fused-ring (bicyclic) bond motifs is 5. The summed E-state index contributed by atoms with van der Waals surface area (Å²) in [7, 11) is 0. The highest BCUT2D eigenvalue weighted by Crippen LogP contribution is 2.67. The normalized spacial score (nSPS) is 32.6. The van der Waals surface area contributed by atoms with Crippen LogP contribution in [0.5, 0.6) is 5.75 Å². The minimum absolute atomic E-state index is 0.138. The molecule has 5 rings (SSSR count). The molecule has 0 amide bonds. The number of allylic oxidation sites excluding steroid dienone is 1. The molecule has 0 N–H and O–H groups in total. The fourth-order valence-corrected chi connectivity index (χ4v) is 11.1. The number of carbonyl (C=O) groups is 1. The summed E-state index contributed by atoms with van der Waals surface area (Å²) in [5.74, 6) is 5.49. The van der Waals surface area contributed by atoms with Gasteiger partial charge in [-0.2, -0.15) is 0 Å². The number of ether oxygens (including phenoxy) is 2. The van der Waals surface area contributed by atoms with Crippen molar-refractivity contribution in [2.45, 2.75) is 158 Å². The molecule has 2 unspecified atom stereocenters. The molecular weight excluding hydrogens is 595 g/mol. The number of hydrogen-bond donors (Lipinski definition) is 0. The van der Waals surface area contributed by atoms with E-state index in [1.807, 2.05) is 0 Å². The Morgan fingerprint density at radius 2 is 1.60 bits per heavy atom. The first kappa shape index (κ1) is 37.4. The van der Waals surface area contributed by atoms with Crippen molar-refractivity contribution in [1.82, 2.24) is 0 Å². The molecular formula is C44H69FO3. The van der Waals surface area contributed by atoms with E-state index >= 15 is 0 Å². The summed E-state index contributed by atoms with van der Waals surface area (Å²) in [6, 6.07) is 4.54. The predicted octanol–water partition coefficient (Wildman–Crippen LogP) is 12.6. The summed E-state index contributed by atoms with van der Waals surface area (Å²) in [5, 5.41) is 0. The number of hydrogen-bond acceptors (Lipinski definition) is 3. The van der Waals surface area contributed by atoms with Crippen molar-refractivity contribution in [3.05, 3.63) is 41.2 Å². The fraction of sp³-hybridized carbons (Fsp3) is 0.795. The molecule has 48 heavy (non-hydrogen) atoms. The highest BCUT2D eigenvalue weighted by Gasteiger charge is 2.59. The molecule has 0 spiro atoms. The van der Waals surface area contributed by atoms with Crippen LogP contribution in [0.1, 0.15) is 162 Å². The lowest BCUT2D eigenvalue weighted by Crippen LogP contribution is -2.51. The van der Waals surface area contributed by atoms with Gasteiger partial charge in [0.15, 0.2) is 11.6 Å². The van der Waals surface area contributed by atoms with Gasteiger partial charge in [0.1, 0.15) is 6.10 Å². The van der Waals surface area contributed by atoms with Crippen LogP contribution in [0.25, 0.3) is 0 Å². The van der Waals surface area contributed by atoms with Gasteiger partial charge >= 0.3 is 5.97 Å². The Morgan fingerprint density at radius 1 is 0.875 bits per heavy atom. The topological polar surface area (TPSA) is 35.5 Å². The fourth-order valence-electron chi connectivity index (χ4n) is 11.1. The van der Waals surface area contributed by atoms with Gasteiger partial charge in [0.05, 0.1) is 12.2 Å². The molecule has 0 aromatic heterocycles. The van der Waals surface area contributed by atoms with E-state index < -0.39 is 11.8 Å². The molecule has 4 aliphatic carbocycles. The predicted molar refractivity (Wildman–Crippen MR) is 197 cm³/mol. The first-order valence-corrected chi connectivity index (χ1v) is 20.1. The lowest BCUT2D eigenvalue weighted by molar-refractivity contribution is -0.0594. The average Bonchev–Trinajstić information content (AvgIpc) is 3.39. The molecule has 4 aliphatic rings. The standard InChI is InChI=1S/C44H69FO3/c1-29(2)11-9-13-31(5)23-26-47-41-20-15-33(27-40(41)45)42(46)48-35-21-24-43(7)34(28-35)16-17-36-38-19-18-37(32(6)14-10-12-30(3)4)44(38,8)25-22-39(36)43/h15-16,20,27,29-32,35-39H,9-14,17-19,21-26,28H2,1-8H3/t31?,32-,35?,36+,37-,38+,39+,43+,44-/m1/s1. The zero-order chi connectivity index (χ0) is 34.6. The third kappa shape index (κ3) is 8.37. The molecule has 3 nitrogen and oxygen atoms in total. The van der Waals surface area contributed by atoms with Crippen molar-refractivity contribution in [1.29, 1.82) is 0 Å². The van der Waals surface area contributed by atoms with E-state index in [4.69, 9.17) is 9.47 Å². The quantitative estimate of drug-likeness (QED) is 0.138. The minimum Gasteiger partial charge on any atom is -0.491 e. The van der Waals surface area contributed by atoms with Crippen LogP contribution in [0.15, 0.2) is 29.8 Å². The Bertz CT molecular complexity index is 1250. The molecule has 4 heteroatoms. The van der Waals surface area contributed by atoms with Gasteiger partial charge in [-0.1, -0.05) is 106 Å². The van der Waals surface area contributed by atoms with Crippen LogP contribution in [-0.2, 0) is 4.74 Å². The zero-order valence-electron chi connectivity index (χ0n) is 31.9. The first-order chi connectivity index (χ1) is 22.8. The van der Waals surface area contributed by atoms with Crippen molar-refractivity contribution in [3.63, 3.8) is 0 Å². The Kier molecular flexibility index (Phi) is 12.5. The summed E-state index contributed by atoms with van der Waals surface area (Å²) in [6.45, 7) is 19.7. The zero-order valence-corrected chi connectivity index (χ0v) is 31.9. The lowest BCUT2D eigenvalue weighted by Gasteiger charge is -2.58. The summed E-state index contributed by atoms with van der Waals surface area (Å²) in [4.78, 5) is 13.2. The molecule has 1 aromatic rings. The lowest BCUT2D eigenvalue weighted by atomic mass is 9.47. The van der Waals surface area contributed by atoms with Gasteiger partial charge in [-0.3, -0.25) is 0 Å². The van der Waals surface area contributed by atoms with Crippen LogP contribution in [-0.4, -0.2) is 18.7 Å². The van der Waals surface area contributed by atoms with Gasteiger partial charge in [0.2, 0.25) is 0 Å². The molecule has 1 aromatic carbocycles. The highest BCUT2D eigenvalue weighted by molar-refractivity contribution is 5.89. The third-order valence-electron chi connectivity index (χ3n) is 14.0. The van der Waals surface area contributed by atoms with E-state index in [9.17, 15) is 9.18 Å². The van der Waals surface area contributed by atoms with Crippen LogP contribution in [0, 0.1) is 64.0 Å². The number of halogens is 1. The molecule has 270 valence electrons. The van der Waals surface area contributed by atoms with Crippen molar-refractivity contribution in [2.75, 3.05) is 6.61 Å². The molecule has 0 radical (unpaired) electrons. The van der Waals surface area contributed by atoms with Crippen LogP contribution in [0.2, 0.25) is 0 Å². The van der Waals surface area contributed by atoms with Crippen molar-refractivity contribution in [3.8, 4) is 5.75 Å². The largest absolute Gasteiger partial charge is 0.491 e. The monoisotopic (exact) mass is 665 g/mol. The van der Waals surface area contributed by atoms with E-state index in [0.29, 0.717) is 17.9 Å². The first-order valence-electron chi connectivity index (χ1n) is 20.1. The molecule has 0 bridgehead atoms. The van der Waals surface area contributed by atoms with Gasteiger partial charge in [0.25, 0.3) is 0 Å². The summed E-state index contributed by atoms with van der Waals surface area (Å²) < 4.78 is 26.8.